The zero-order valence-corrected chi connectivity index (χ0v) is 18.3. The minimum Gasteiger partial charge on any atom is -0.490 e. The molecule has 0 aliphatic carbocycles. The van der Waals surface area contributed by atoms with Crippen LogP contribution in [0.5, 0.6) is 5.75 Å². The molecule has 0 fully saturated rings. The van der Waals surface area contributed by atoms with E-state index in [9.17, 15) is 17.6 Å². The molecule has 34 heavy (non-hydrogen) atoms. The Hall–Kier alpha value is -3.92. The predicted octanol–water partition coefficient (Wildman–Crippen LogP) is 6.16. The summed E-state index contributed by atoms with van der Waals surface area (Å²) in [5.41, 5.74) is 1.38. The molecule has 7 heteroatoms. The van der Waals surface area contributed by atoms with E-state index in [0.29, 0.717) is 36.6 Å². The van der Waals surface area contributed by atoms with Crippen LogP contribution in [0.2, 0.25) is 0 Å². The minimum absolute atomic E-state index is 0.0490. The summed E-state index contributed by atoms with van der Waals surface area (Å²) in [6, 6.07) is 9.90. The first-order valence-corrected chi connectivity index (χ1v) is 10.8. The number of ether oxygens (including phenoxy) is 1. The Kier molecular flexibility index (Phi) is 7.07. The Bertz CT molecular complexity index is 1390. The average molecular weight is 464 g/mol. The van der Waals surface area contributed by atoms with E-state index in [1.807, 2.05) is 6.92 Å². The normalized spacial score (nSPS) is 10.7. The van der Waals surface area contributed by atoms with Gasteiger partial charge in [0.1, 0.15) is 11.6 Å². The lowest BCUT2D eigenvalue weighted by molar-refractivity contribution is 0.314. The smallest absolute Gasteiger partial charge is 0.195 e. The summed E-state index contributed by atoms with van der Waals surface area (Å²) in [5.74, 6) is 2.26. The first-order valence-electron chi connectivity index (χ1n) is 10.8. The number of hydrogen-bond acceptors (Lipinski definition) is 3. The van der Waals surface area contributed by atoms with Gasteiger partial charge in [-0.1, -0.05) is 30.9 Å². The SMILES string of the molecule is CCCOc1cnc(CCc2ccc(C#Cc3ccc4c(F)c(F)c(F)cc4c3)c(F)c2)nc1. The van der Waals surface area contributed by atoms with Gasteiger partial charge in [0, 0.05) is 17.4 Å². The molecule has 1 aromatic heterocycles. The van der Waals surface area contributed by atoms with Crippen LogP contribution in [0.15, 0.2) is 54.9 Å². The molecule has 1 heterocycles. The van der Waals surface area contributed by atoms with Gasteiger partial charge in [-0.3, -0.25) is 0 Å². The second kappa shape index (κ2) is 10.3. The Morgan fingerprint density at radius 2 is 1.62 bits per heavy atom. The molecular weight excluding hydrogens is 444 g/mol. The van der Waals surface area contributed by atoms with Gasteiger partial charge in [-0.15, -0.1) is 0 Å². The largest absolute Gasteiger partial charge is 0.490 e. The fourth-order valence-electron chi connectivity index (χ4n) is 3.36. The second-order valence-corrected chi connectivity index (χ2v) is 7.67. The molecule has 4 aromatic rings. The number of fused-ring (bicyclic) bond motifs is 1. The van der Waals surface area contributed by atoms with Crippen LogP contribution in [0.3, 0.4) is 0 Å². The van der Waals surface area contributed by atoms with E-state index in [2.05, 4.69) is 21.8 Å². The molecule has 0 aliphatic rings. The molecule has 0 N–H and O–H groups in total. The van der Waals surface area contributed by atoms with E-state index in [1.54, 1.807) is 24.5 Å². The molecule has 0 aliphatic heterocycles. The maximum absolute atomic E-state index is 14.6. The van der Waals surface area contributed by atoms with Crippen LogP contribution >= 0.6 is 0 Å². The summed E-state index contributed by atoms with van der Waals surface area (Å²) >= 11 is 0. The lowest BCUT2D eigenvalue weighted by Gasteiger charge is -2.05. The highest BCUT2D eigenvalue weighted by Gasteiger charge is 2.13. The van der Waals surface area contributed by atoms with Crippen molar-refractivity contribution < 1.29 is 22.3 Å². The number of rotatable bonds is 6. The van der Waals surface area contributed by atoms with Crippen molar-refractivity contribution in [1.82, 2.24) is 9.97 Å². The van der Waals surface area contributed by atoms with Crippen molar-refractivity contribution >= 4 is 10.8 Å². The number of hydrogen-bond donors (Lipinski definition) is 0. The van der Waals surface area contributed by atoms with Gasteiger partial charge in [0.25, 0.3) is 0 Å². The van der Waals surface area contributed by atoms with E-state index in [1.165, 1.54) is 24.3 Å². The number of halogens is 4. The van der Waals surface area contributed by atoms with Crippen LogP contribution < -0.4 is 4.74 Å². The Morgan fingerprint density at radius 1 is 0.824 bits per heavy atom. The molecule has 0 spiro atoms. The molecule has 3 aromatic carbocycles. The number of nitrogens with zero attached hydrogens (tertiary/aromatic N) is 2. The van der Waals surface area contributed by atoms with E-state index in [-0.39, 0.29) is 16.3 Å². The summed E-state index contributed by atoms with van der Waals surface area (Å²) in [4.78, 5) is 8.53. The van der Waals surface area contributed by atoms with Crippen molar-refractivity contribution in [2.75, 3.05) is 6.61 Å². The third kappa shape index (κ3) is 5.34. The monoisotopic (exact) mass is 464 g/mol. The van der Waals surface area contributed by atoms with Crippen molar-refractivity contribution in [3.05, 3.63) is 101 Å². The van der Waals surface area contributed by atoms with Gasteiger partial charge in [-0.05, 0) is 54.1 Å². The van der Waals surface area contributed by atoms with Gasteiger partial charge in [0.05, 0.1) is 24.6 Å². The fraction of sp³-hybridized carbons (Fsp3) is 0.185. The highest BCUT2D eigenvalue weighted by atomic mass is 19.2. The van der Waals surface area contributed by atoms with Gasteiger partial charge in [-0.25, -0.2) is 27.5 Å². The van der Waals surface area contributed by atoms with Crippen molar-refractivity contribution in [2.45, 2.75) is 26.2 Å². The van der Waals surface area contributed by atoms with Crippen molar-refractivity contribution in [3.63, 3.8) is 0 Å². The van der Waals surface area contributed by atoms with E-state index >= 15 is 0 Å². The molecule has 0 atom stereocenters. The number of aryl methyl sites for hydroxylation is 2. The molecule has 0 unspecified atom stereocenters. The Labute approximate surface area is 194 Å². The summed E-state index contributed by atoms with van der Waals surface area (Å²) in [7, 11) is 0. The Morgan fingerprint density at radius 3 is 2.35 bits per heavy atom. The molecule has 0 saturated carbocycles. The summed E-state index contributed by atoms with van der Waals surface area (Å²) in [6.07, 6.45) is 5.26. The van der Waals surface area contributed by atoms with Gasteiger partial charge >= 0.3 is 0 Å². The van der Waals surface area contributed by atoms with E-state index in [0.717, 1.165) is 18.1 Å². The Balaban J connectivity index is 1.44. The van der Waals surface area contributed by atoms with Gasteiger partial charge in [0.15, 0.2) is 23.2 Å². The predicted molar refractivity (Wildman–Crippen MR) is 121 cm³/mol. The first kappa shape index (κ1) is 23.2. The molecular formula is C27H20F4N2O. The maximum Gasteiger partial charge on any atom is 0.195 e. The van der Waals surface area contributed by atoms with Crippen molar-refractivity contribution in [3.8, 4) is 17.6 Å². The van der Waals surface area contributed by atoms with Crippen LogP contribution in [-0.2, 0) is 12.8 Å². The zero-order valence-electron chi connectivity index (χ0n) is 18.3. The zero-order chi connectivity index (χ0) is 24.1. The summed E-state index contributed by atoms with van der Waals surface area (Å²) < 4.78 is 60.8. The van der Waals surface area contributed by atoms with Crippen LogP contribution in [0.25, 0.3) is 10.8 Å². The second-order valence-electron chi connectivity index (χ2n) is 7.67. The van der Waals surface area contributed by atoms with Crippen LogP contribution in [-0.4, -0.2) is 16.6 Å². The molecule has 0 bridgehead atoms. The van der Waals surface area contributed by atoms with Crippen LogP contribution in [0.1, 0.15) is 35.9 Å². The lowest BCUT2D eigenvalue weighted by atomic mass is 10.0. The topological polar surface area (TPSA) is 35.0 Å². The first-order chi connectivity index (χ1) is 16.4. The van der Waals surface area contributed by atoms with Gasteiger partial charge in [0.2, 0.25) is 0 Å². The van der Waals surface area contributed by atoms with E-state index in [4.69, 9.17) is 4.74 Å². The van der Waals surface area contributed by atoms with Crippen molar-refractivity contribution in [2.24, 2.45) is 0 Å². The number of aromatic nitrogens is 2. The minimum atomic E-state index is -1.52. The van der Waals surface area contributed by atoms with E-state index < -0.39 is 23.3 Å². The number of benzene rings is 3. The standard InChI is InChI=1S/C27H20F4N2O/c1-2-11-34-21-15-32-25(33-16-21)10-6-18-4-8-19(23(28)13-18)7-3-17-5-9-22-20(12-17)14-24(29)27(31)26(22)30/h4-5,8-9,12-16H,2,6,10-11H2,1H3. The van der Waals surface area contributed by atoms with Gasteiger partial charge in [-0.2, -0.15) is 0 Å². The van der Waals surface area contributed by atoms with Crippen LogP contribution in [0.4, 0.5) is 17.6 Å². The maximum atomic E-state index is 14.6. The molecule has 4 rings (SSSR count). The molecule has 0 saturated heterocycles. The van der Waals surface area contributed by atoms with Crippen molar-refractivity contribution in [1.29, 1.82) is 0 Å². The molecule has 0 amide bonds. The molecule has 0 radical (unpaired) electrons. The van der Waals surface area contributed by atoms with Gasteiger partial charge < -0.3 is 4.74 Å². The average Bonchev–Trinajstić information content (AvgIpc) is 2.84. The fourth-order valence-corrected chi connectivity index (χ4v) is 3.36. The summed E-state index contributed by atoms with van der Waals surface area (Å²) in [6.45, 7) is 2.62. The van der Waals surface area contributed by atoms with Crippen LogP contribution in [0, 0.1) is 35.1 Å². The highest BCUT2D eigenvalue weighted by molar-refractivity contribution is 5.84. The molecule has 3 nitrogen and oxygen atoms in total. The molecule has 172 valence electrons. The summed E-state index contributed by atoms with van der Waals surface area (Å²) in [5, 5.41) is 0.123. The quantitative estimate of drug-likeness (QED) is 0.195. The third-order valence-corrected chi connectivity index (χ3v) is 5.14. The third-order valence-electron chi connectivity index (χ3n) is 5.14. The lowest BCUT2D eigenvalue weighted by Crippen LogP contribution is -2.01. The highest BCUT2D eigenvalue weighted by Crippen LogP contribution is 2.24.